The summed E-state index contributed by atoms with van der Waals surface area (Å²) in [6.45, 7) is 3.98. The molecule has 0 radical (unpaired) electrons. The third-order valence-electron chi connectivity index (χ3n) is 5.54. The van der Waals surface area contributed by atoms with Gasteiger partial charge in [-0.05, 0) is 25.0 Å². The van der Waals surface area contributed by atoms with E-state index < -0.39 is 0 Å². The minimum Gasteiger partial charge on any atom is -0.378 e. The van der Waals surface area contributed by atoms with E-state index in [1.807, 2.05) is 47.4 Å². The molecule has 0 N–H and O–H groups in total. The van der Waals surface area contributed by atoms with Crippen molar-refractivity contribution in [3.8, 4) is 0 Å². The van der Waals surface area contributed by atoms with Gasteiger partial charge in [0, 0.05) is 43.9 Å². The number of hydrogen-bond donors (Lipinski definition) is 0. The summed E-state index contributed by atoms with van der Waals surface area (Å²) in [5.74, 6) is 0.903. The van der Waals surface area contributed by atoms with E-state index in [4.69, 9.17) is 4.74 Å². The fourth-order valence-electron chi connectivity index (χ4n) is 3.94. The third-order valence-corrected chi connectivity index (χ3v) is 5.54. The maximum absolute atomic E-state index is 13.2. The molecule has 6 nitrogen and oxygen atoms in total. The summed E-state index contributed by atoms with van der Waals surface area (Å²) >= 11 is 0. The number of nitrogens with zero attached hydrogens (tertiary/aromatic N) is 3. The molecule has 0 spiro atoms. The molecular formula is C22H25N3O3. The molecule has 2 saturated heterocycles. The van der Waals surface area contributed by atoms with E-state index >= 15 is 0 Å². The van der Waals surface area contributed by atoms with E-state index in [0.29, 0.717) is 44.7 Å². The molecule has 1 aromatic heterocycles. The molecule has 6 heteroatoms. The van der Waals surface area contributed by atoms with Gasteiger partial charge >= 0.3 is 0 Å². The summed E-state index contributed by atoms with van der Waals surface area (Å²) in [5.41, 5.74) is 1.39. The molecule has 0 saturated carbocycles. The van der Waals surface area contributed by atoms with Gasteiger partial charge in [-0.3, -0.25) is 9.59 Å². The zero-order valence-electron chi connectivity index (χ0n) is 15.9. The van der Waals surface area contributed by atoms with Gasteiger partial charge in [0.2, 0.25) is 0 Å². The van der Waals surface area contributed by atoms with Crippen molar-refractivity contribution in [2.24, 2.45) is 5.92 Å². The summed E-state index contributed by atoms with van der Waals surface area (Å²) in [6, 6.07) is 13.1. The summed E-state index contributed by atoms with van der Waals surface area (Å²) in [4.78, 5) is 34.3. The number of pyridine rings is 1. The van der Waals surface area contributed by atoms with Crippen molar-refractivity contribution in [2.75, 3.05) is 44.3 Å². The molecule has 0 unspecified atom stereocenters. The highest BCUT2D eigenvalue weighted by atomic mass is 16.5. The van der Waals surface area contributed by atoms with Crippen LogP contribution >= 0.6 is 0 Å². The van der Waals surface area contributed by atoms with Gasteiger partial charge in [-0.25, -0.2) is 4.98 Å². The highest BCUT2D eigenvalue weighted by Gasteiger charge is 2.30. The number of likely N-dealkylation sites (tertiary alicyclic amines) is 1. The Morgan fingerprint density at radius 2 is 1.64 bits per heavy atom. The van der Waals surface area contributed by atoms with Crippen LogP contribution in [0.4, 0.5) is 5.82 Å². The number of ether oxygens (including phenoxy) is 1. The van der Waals surface area contributed by atoms with Crippen molar-refractivity contribution in [1.82, 2.24) is 9.88 Å². The normalized spacial score (nSPS) is 18.1. The van der Waals surface area contributed by atoms with Crippen molar-refractivity contribution < 1.29 is 14.3 Å². The van der Waals surface area contributed by atoms with Gasteiger partial charge in [-0.2, -0.15) is 0 Å². The van der Waals surface area contributed by atoms with Crippen molar-refractivity contribution in [1.29, 1.82) is 0 Å². The zero-order valence-corrected chi connectivity index (χ0v) is 15.9. The Balaban J connectivity index is 1.43. The van der Waals surface area contributed by atoms with Gasteiger partial charge in [-0.1, -0.05) is 30.3 Å². The van der Waals surface area contributed by atoms with Gasteiger partial charge in [0.05, 0.1) is 18.8 Å². The predicted molar refractivity (Wildman–Crippen MR) is 107 cm³/mol. The van der Waals surface area contributed by atoms with Crippen LogP contribution in [0.3, 0.4) is 0 Å². The number of rotatable bonds is 4. The van der Waals surface area contributed by atoms with E-state index in [9.17, 15) is 9.59 Å². The summed E-state index contributed by atoms with van der Waals surface area (Å²) in [5, 5.41) is 0. The lowest BCUT2D eigenvalue weighted by molar-refractivity contribution is 0.0649. The molecule has 2 aromatic rings. The number of anilines is 1. The first-order valence-electron chi connectivity index (χ1n) is 9.90. The number of piperidine rings is 1. The van der Waals surface area contributed by atoms with Gasteiger partial charge in [0.25, 0.3) is 5.91 Å². The third kappa shape index (κ3) is 3.92. The Bertz CT molecular complexity index is 826. The molecule has 146 valence electrons. The molecule has 0 aliphatic carbocycles. The summed E-state index contributed by atoms with van der Waals surface area (Å²) < 4.78 is 5.41. The Labute approximate surface area is 165 Å². The van der Waals surface area contributed by atoms with Crippen LogP contribution in [0.5, 0.6) is 0 Å². The number of ketones is 1. The molecule has 3 heterocycles. The van der Waals surface area contributed by atoms with Crippen LogP contribution in [-0.4, -0.2) is 61.0 Å². The van der Waals surface area contributed by atoms with E-state index in [0.717, 1.165) is 24.5 Å². The number of carbonyl (C=O) groups is 2. The Morgan fingerprint density at radius 3 is 2.36 bits per heavy atom. The summed E-state index contributed by atoms with van der Waals surface area (Å²) in [7, 11) is 0. The lowest BCUT2D eigenvalue weighted by Gasteiger charge is -2.33. The van der Waals surface area contributed by atoms with Gasteiger partial charge in [0.1, 0.15) is 5.82 Å². The standard InChI is InChI=1S/C22H25N3O3/c26-20(17-5-2-1-3-6-17)18-8-11-25(12-9-18)22(27)19-7-4-10-23-21(19)24-13-15-28-16-14-24/h1-7,10,18H,8-9,11-16H2. The number of morpholine rings is 1. The molecule has 1 amide bonds. The maximum atomic E-state index is 13.2. The van der Waals surface area contributed by atoms with Crippen molar-refractivity contribution in [3.05, 3.63) is 59.8 Å². The van der Waals surface area contributed by atoms with Gasteiger partial charge in [-0.15, -0.1) is 0 Å². The molecule has 0 bridgehead atoms. The predicted octanol–water partition coefficient (Wildman–Crippen LogP) is 2.65. The fourth-order valence-corrected chi connectivity index (χ4v) is 3.94. The maximum Gasteiger partial charge on any atom is 0.257 e. The monoisotopic (exact) mass is 379 g/mol. The molecule has 2 aliphatic heterocycles. The first-order valence-corrected chi connectivity index (χ1v) is 9.90. The molecule has 0 atom stereocenters. The molecule has 2 aliphatic rings. The van der Waals surface area contributed by atoms with Crippen LogP contribution in [0.15, 0.2) is 48.7 Å². The van der Waals surface area contributed by atoms with Crippen molar-refractivity contribution in [2.45, 2.75) is 12.8 Å². The first-order chi connectivity index (χ1) is 13.7. The van der Waals surface area contributed by atoms with Crippen LogP contribution in [0.25, 0.3) is 0 Å². The van der Waals surface area contributed by atoms with Crippen LogP contribution in [0, 0.1) is 5.92 Å². The molecule has 4 rings (SSSR count). The second kappa shape index (κ2) is 8.52. The number of Topliss-reactive ketones (excluding diaryl/α,β-unsaturated/α-hetero) is 1. The van der Waals surface area contributed by atoms with Crippen molar-refractivity contribution in [3.63, 3.8) is 0 Å². The number of amides is 1. The topological polar surface area (TPSA) is 62.7 Å². The first kappa shape index (κ1) is 18.6. The average molecular weight is 379 g/mol. The molecular weight excluding hydrogens is 354 g/mol. The van der Waals surface area contributed by atoms with E-state index in [1.165, 1.54) is 0 Å². The Morgan fingerprint density at radius 1 is 0.929 bits per heavy atom. The number of hydrogen-bond acceptors (Lipinski definition) is 5. The second-order valence-corrected chi connectivity index (χ2v) is 7.27. The highest BCUT2D eigenvalue weighted by Crippen LogP contribution is 2.25. The fraction of sp³-hybridized carbons (Fsp3) is 0.409. The minimum atomic E-state index is -0.0148. The molecule has 2 fully saturated rings. The van der Waals surface area contributed by atoms with E-state index in [1.54, 1.807) is 6.20 Å². The Kier molecular flexibility index (Phi) is 5.67. The van der Waals surface area contributed by atoms with Gasteiger partial charge in [0.15, 0.2) is 5.78 Å². The molecule has 1 aromatic carbocycles. The quantitative estimate of drug-likeness (QED) is 0.765. The minimum absolute atomic E-state index is 0.000187. The van der Waals surface area contributed by atoms with Crippen LogP contribution in [0.2, 0.25) is 0 Å². The number of benzene rings is 1. The van der Waals surface area contributed by atoms with Crippen molar-refractivity contribution >= 4 is 17.5 Å². The molecule has 28 heavy (non-hydrogen) atoms. The number of aromatic nitrogens is 1. The van der Waals surface area contributed by atoms with Crippen LogP contribution < -0.4 is 4.90 Å². The van der Waals surface area contributed by atoms with E-state index in [-0.39, 0.29) is 17.6 Å². The summed E-state index contributed by atoms with van der Waals surface area (Å²) in [6.07, 6.45) is 3.13. The lowest BCUT2D eigenvalue weighted by Crippen LogP contribution is -2.42. The zero-order chi connectivity index (χ0) is 19.3. The lowest BCUT2D eigenvalue weighted by atomic mass is 9.88. The highest BCUT2D eigenvalue weighted by molar-refractivity contribution is 6.00. The SMILES string of the molecule is O=C(c1ccccc1)C1CCN(C(=O)c2cccnc2N2CCOCC2)CC1. The van der Waals surface area contributed by atoms with Crippen LogP contribution in [-0.2, 0) is 4.74 Å². The van der Waals surface area contributed by atoms with Gasteiger partial charge < -0.3 is 14.5 Å². The second-order valence-electron chi connectivity index (χ2n) is 7.27. The van der Waals surface area contributed by atoms with Crippen LogP contribution in [0.1, 0.15) is 33.6 Å². The Hall–Kier alpha value is -2.73. The number of carbonyl (C=O) groups excluding carboxylic acids is 2. The smallest absolute Gasteiger partial charge is 0.257 e. The average Bonchev–Trinajstić information content (AvgIpc) is 2.79. The largest absolute Gasteiger partial charge is 0.378 e. The van der Waals surface area contributed by atoms with E-state index in [2.05, 4.69) is 9.88 Å².